The first-order chi connectivity index (χ1) is 15.7. The van der Waals surface area contributed by atoms with E-state index in [0.717, 1.165) is 28.2 Å². The van der Waals surface area contributed by atoms with E-state index in [1.807, 2.05) is 95.2 Å². The summed E-state index contributed by atoms with van der Waals surface area (Å²) in [7, 11) is 0. The normalized spacial score (nSPS) is 17.2. The Hall–Kier alpha value is -3.48. The van der Waals surface area contributed by atoms with Crippen LogP contribution in [-0.4, -0.2) is 16.6 Å². The number of hydrazone groups is 1. The van der Waals surface area contributed by atoms with Gasteiger partial charge in [0.2, 0.25) is 11.0 Å². The molecule has 0 radical (unpaired) electrons. The zero-order valence-corrected chi connectivity index (χ0v) is 18.6. The first-order valence-electron chi connectivity index (χ1n) is 10.1. The summed E-state index contributed by atoms with van der Waals surface area (Å²) < 4.78 is 0. The minimum absolute atomic E-state index is 0.0200. The summed E-state index contributed by atoms with van der Waals surface area (Å²) in [5.74, 6) is 0.0200. The molecule has 1 aliphatic rings. The number of carbonyl (C=O) groups is 1. The van der Waals surface area contributed by atoms with Crippen molar-refractivity contribution in [3.63, 3.8) is 0 Å². The van der Waals surface area contributed by atoms with Gasteiger partial charge in [-0.25, -0.2) is 4.98 Å². The summed E-state index contributed by atoms with van der Waals surface area (Å²) in [4.78, 5) is 19.4. The predicted octanol–water partition coefficient (Wildman–Crippen LogP) is 6.41. The molecule has 2 heterocycles. The van der Waals surface area contributed by atoms with Gasteiger partial charge in [0.25, 0.3) is 0 Å². The number of aromatic nitrogens is 1. The maximum atomic E-state index is 13.0. The average Bonchev–Trinajstić information content (AvgIpc) is 3.43. The van der Waals surface area contributed by atoms with Crippen molar-refractivity contribution in [2.75, 3.05) is 10.3 Å². The van der Waals surface area contributed by atoms with Crippen LogP contribution < -0.4 is 10.3 Å². The van der Waals surface area contributed by atoms with Gasteiger partial charge in [0.05, 0.1) is 17.8 Å². The number of hydrogen-bond donors (Lipinski definition) is 1. The van der Waals surface area contributed by atoms with Gasteiger partial charge < -0.3 is 0 Å². The highest BCUT2D eigenvalue weighted by Gasteiger charge is 2.39. The van der Waals surface area contributed by atoms with Crippen molar-refractivity contribution in [2.24, 2.45) is 5.10 Å². The maximum Gasteiger partial charge on any atom is 0.233 e. The quantitative estimate of drug-likeness (QED) is 0.351. The Bertz CT molecular complexity index is 1260. The average molecular weight is 459 g/mol. The molecule has 1 aromatic heterocycles. The van der Waals surface area contributed by atoms with Gasteiger partial charge in [0, 0.05) is 21.7 Å². The van der Waals surface area contributed by atoms with Crippen LogP contribution in [0.4, 0.5) is 10.8 Å². The molecule has 158 valence electrons. The highest BCUT2D eigenvalue weighted by Crippen LogP contribution is 2.35. The highest BCUT2D eigenvalue weighted by atomic mass is 35.5. The molecule has 7 heteroatoms. The highest BCUT2D eigenvalue weighted by molar-refractivity contribution is 7.14. The fraction of sp³-hybridized carbons (Fsp3) is 0.0800. The molecule has 4 aromatic rings. The van der Waals surface area contributed by atoms with Crippen LogP contribution in [0.1, 0.15) is 18.0 Å². The number of benzene rings is 3. The van der Waals surface area contributed by atoms with E-state index < -0.39 is 0 Å². The van der Waals surface area contributed by atoms with Crippen LogP contribution >= 0.6 is 22.9 Å². The number of carbonyl (C=O) groups excluding carboxylic acids is 1. The van der Waals surface area contributed by atoms with Crippen molar-refractivity contribution in [3.8, 4) is 11.3 Å². The summed E-state index contributed by atoms with van der Waals surface area (Å²) in [6.07, 6.45) is 0.247. The monoisotopic (exact) mass is 458 g/mol. The Labute approximate surface area is 195 Å². The number of amides is 1. The molecule has 3 aromatic carbocycles. The molecule has 5 rings (SSSR count). The van der Waals surface area contributed by atoms with Gasteiger partial charge >= 0.3 is 0 Å². The summed E-state index contributed by atoms with van der Waals surface area (Å²) >= 11 is 7.45. The van der Waals surface area contributed by atoms with Gasteiger partial charge in [-0.05, 0) is 29.8 Å². The Morgan fingerprint density at radius 1 is 0.969 bits per heavy atom. The van der Waals surface area contributed by atoms with Crippen molar-refractivity contribution in [3.05, 3.63) is 101 Å². The fourth-order valence-corrected chi connectivity index (χ4v) is 4.57. The lowest BCUT2D eigenvalue weighted by Gasteiger charge is -2.25. The molecule has 0 aliphatic carbocycles. The summed E-state index contributed by atoms with van der Waals surface area (Å²) in [5.41, 5.74) is 7.54. The molecule has 0 bridgehead atoms. The molecule has 1 N–H and O–H groups in total. The number of thiazole rings is 1. The van der Waals surface area contributed by atoms with Gasteiger partial charge in [-0.2, -0.15) is 5.10 Å². The topological polar surface area (TPSA) is 57.6 Å². The molecule has 1 aliphatic heterocycles. The predicted molar refractivity (Wildman–Crippen MR) is 131 cm³/mol. The standard InChI is InChI=1S/C25H19ClN4OS/c26-19-13-11-17(12-14-19)22-16-32-25(27-22)29-28-21-15-23(31)30(20-9-5-2-6-10-20)24(21)18-7-3-1-4-8-18/h1-14,16,24H,15H2,(H,27,29)/b28-21-/t24-/m1/s1. The number of rotatable bonds is 5. The van der Waals surface area contributed by atoms with Crippen LogP contribution in [0.25, 0.3) is 11.3 Å². The SMILES string of the molecule is O=C1C/C(=N/Nc2nc(-c3ccc(Cl)cc3)cs2)[C@@H](c2ccccc2)N1c1ccccc1. The van der Waals surface area contributed by atoms with Gasteiger partial charge in [-0.1, -0.05) is 72.3 Å². The van der Waals surface area contributed by atoms with E-state index in [1.165, 1.54) is 11.3 Å². The lowest BCUT2D eigenvalue weighted by molar-refractivity contribution is -0.116. The molecule has 0 spiro atoms. The van der Waals surface area contributed by atoms with Crippen molar-refractivity contribution < 1.29 is 4.79 Å². The molecular weight excluding hydrogens is 440 g/mol. The smallest absolute Gasteiger partial charge is 0.233 e. The van der Waals surface area contributed by atoms with Crippen LogP contribution in [0.3, 0.4) is 0 Å². The van der Waals surface area contributed by atoms with E-state index in [0.29, 0.717) is 10.2 Å². The maximum absolute atomic E-state index is 13.0. The number of hydrogen-bond acceptors (Lipinski definition) is 5. The Morgan fingerprint density at radius 2 is 1.66 bits per heavy atom. The van der Waals surface area contributed by atoms with E-state index >= 15 is 0 Å². The number of nitrogens with one attached hydrogen (secondary N) is 1. The fourth-order valence-electron chi connectivity index (χ4n) is 3.79. The first-order valence-corrected chi connectivity index (χ1v) is 11.4. The zero-order valence-electron chi connectivity index (χ0n) is 17.0. The second kappa shape index (κ2) is 8.94. The van der Waals surface area contributed by atoms with Gasteiger partial charge in [-0.3, -0.25) is 15.1 Å². The molecule has 1 amide bonds. The molecule has 1 saturated heterocycles. The Balaban J connectivity index is 1.44. The summed E-state index contributed by atoms with van der Waals surface area (Å²) in [6, 6.07) is 27.0. The van der Waals surface area contributed by atoms with E-state index in [4.69, 9.17) is 11.6 Å². The molecule has 0 saturated carbocycles. The van der Waals surface area contributed by atoms with Gasteiger partial charge in [0.1, 0.15) is 6.04 Å². The second-order valence-electron chi connectivity index (χ2n) is 7.35. The lowest BCUT2D eigenvalue weighted by Crippen LogP contribution is -2.28. The van der Waals surface area contributed by atoms with Crippen LogP contribution in [-0.2, 0) is 4.79 Å². The van der Waals surface area contributed by atoms with Crippen LogP contribution in [0, 0.1) is 0 Å². The number of para-hydroxylation sites is 1. The molecule has 0 unspecified atom stereocenters. The largest absolute Gasteiger partial charge is 0.299 e. The second-order valence-corrected chi connectivity index (χ2v) is 8.64. The van der Waals surface area contributed by atoms with Gasteiger partial charge in [-0.15, -0.1) is 11.3 Å². The van der Waals surface area contributed by atoms with Crippen molar-refractivity contribution in [1.29, 1.82) is 0 Å². The minimum Gasteiger partial charge on any atom is -0.299 e. The van der Waals surface area contributed by atoms with Gasteiger partial charge in [0.15, 0.2) is 0 Å². The van der Waals surface area contributed by atoms with E-state index in [9.17, 15) is 4.79 Å². The number of anilines is 2. The Morgan fingerprint density at radius 3 is 2.38 bits per heavy atom. The molecular formula is C25H19ClN4OS. The number of nitrogens with zero attached hydrogens (tertiary/aromatic N) is 3. The van der Waals surface area contributed by atoms with Crippen molar-refractivity contribution >= 4 is 45.4 Å². The van der Waals surface area contributed by atoms with Crippen molar-refractivity contribution in [1.82, 2.24) is 4.98 Å². The Kier molecular flexibility index (Phi) is 5.71. The third kappa shape index (κ3) is 4.15. The number of halogens is 1. The van der Waals surface area contributed by atoms with Crippen LogP contribution in [0.5, 0.6) is 0 Å². The molecule has 5 nitrogen and oxygen atoms in total. The summed E-state index contributed by atoms with van der Waals surface area (Å²) in [6.45, 7) is 0. The first kappa shape index (κ1) is 20.4. The lowest BCUT2D eigenvalue weighted by atomic mass is 10.0. The van der Waals surface area contributed by atoms with Crippen LogP contribution in [0.2, 0.25) is 5.02 Å². The molecule has 32 heavy (non-hydrogen) atoms. The van der Waals surface area contributed by atoms with E-state index in [2.05, 4.69) is 15.5 Å². The molecule has 1 fully saturated rings. The third-order valence-corrected chi connectivity index (χ3v) is 6.26. The zero-order chi connectivity index (χ0) is 21.9. The van der Waals surface area contributed by atoms with E-state index in [-0.39, 0.29) is 18.4 Å². The third-order valence-electron chi connectivity index (χ3n) is 5.26. The minimum atomic E-state index is -0.269. The van der Waals surface area contributed by atoms with Crippen LogP contribution in [0.15, 0.2) is 95.4 Å². The van der Waals surface area contributed by atoms with Crippen molar-refractivity contribution in [2.45, 2.75) is 12.5 Å². The molecule has 1 atom stereocenters. The summed E-state index contributed by atoms with van der Waals surface area (Å²) in [5, 5.41) is 7.95. The van der Waals surface area contributed by atoms with E-state index in [1.54, 1.807) is 0 Å².